The summed E-state index contributed by atoms with van der Waals surface area (Å²) in [6.07, 6.45) is 3.39. The van der Waals surface area contributed by atoms with Crippen molar-refractivity contribution in [1.82, 2.24) is 10.3 Å². The summed E-state index contributed by atoms with van der Waals surface area (Å²) in [5, 5.41) is 5.66. The molecule has 0 bridgehead atoms. The minimum Gasteiger partial charge on any atom is -0.348 e. The lowest BCUT2D eigenvalue weighted by Gasteiger charge is -2.07. The van der Waals surface area contributed by atoms with E-state index in [1.165, 1.54) is 0 Å². The Hall–Kier alpha value is -3.47. The molecule has 0 aliphatic heterocycles. The monoisotopic (exact) mass is 345 g/mol. The zero-order valence-corrected chi connectivity index (χ0v) is 14.4. The molecule has 0 radical (unpaired) electrons. The fraction of sp³-hybridized carbons (Fsp3) is 0.0952. The van der Waals surface area contributed by atoms with Crippen LogP contribution in [0.3, 0.4) is 0 Å². The number of pyridine rings is 1. The van der Waals surface area contributed by atoms with Gasteiger partial charge in [0.05, 0.1) is 0 Å². The van der Waals surface area contributed by atoms with E-state index in [1.807, 2.05) is 43.3 Å². The maximum absolute atomic E-state index is 12.3. The molecule has 2 amide bonds. The van der Waals surface area contributed by atoms with Crippen LogP contribution in [0.4, 0.5) is 5.69 Å². The Balaban J connectivity index is 1.59. The summed E-state index contributed by atoms with van der Waals surface area (Å²) >= 11 is 0. The first kappa shape index (κ1) is 17.4. The number of benzene rings is 2. The van der Waals surface area contributed by atoms with Gasteiger partial charge in [-0.2, -0.15) is 0 Å². The van der Waals surface area contributed by atoms with Crippen LogP contribution in [0.25, 0.3) is 0 Å². The number of carbonyl (C=O) groups excluding carboxylic acids is 2. The number of nitrogens with zero attached hydrogens (tertiary/aromatic N) is 1. The average Bonchev–Trinajstić information content (AvgIpc) is 2.69. The maximum atomic E-state index is 12.3. The van der Waals surface area contributed by atoms with Crippen molar-refractivity contribution in [2.24, 2.45) is 0 Å². The van der Waals surface area contributed by atoms with Crippen molar-refractivity contribution in [2.45, 2.75) is 13.5 Å². The molecule has 3 rings (SSSR count). The molecule has 0 saturated heterocycles. The molecular weight excluding hydrogens is 326 g/mol. The number of nitrogens with one attached hydrogen (secondary N) is 2. The number of rotatable bonds is 5. The van der Waals surface area contributed by atoms with Gasteiger partial charge in [0.25, 0.3) is 11.8 Å². The molecule has 0 saturated carbocycles. The Morgan fingerprint density at radius 3 is 2.15 bits per heavy atom. The van der Waals surface area contributed by atoms with Crippen LogP contribution in [-0.2, 0) is 6.54 Å². The molecule has 130 valence electrons. The zero-order chi connectivity index (χ0) is 18.4. The molecule has 0 aliphatic carbocycles. The van der Waals surface area contributed by atoms with Crippen molar-refractivity contribution in [3.63, 3.8) is 0 Å². The van der Waals surface area contributed by atoms with E-state index < -0.39 is 0 Å². The summed E-state index contributed by atoms with van der Waals surface area (Å²) in [7, 11) is 0. The van der Waals surface area contributed by atoms with Crippen molar-refractivity contribution in [3.8, 4) is 0 Å². The molecule has 5 nitrogen and oxygen atoms in total. The van der Waals surface area contributed by atoms with Gasteiger partial charge in [-0.1, -0.05) is 23.8 Å². The van der Waals surface area contributed by atoms with Crippen molar-refractivity contribution in [1.29, 1.82) is 0 Å². The van der Waals surface area contributed by atoms with Gasteiger partial charge in [0.2, 0.25) is 0 Å². The number of hydrogen-bond acceptors (Lipinski definition) is 3. The van der Waals surface area contributed by atoms with Gasteiger partial charge in [-0.25, -0.2) is 0 Å². The molecule has 0 aliphatic rings. The SMILES string of the molecule is Cc1ccc(NC(=O)c2ccc(C(=O)NCc3cccnc3)cc2)cc1. The third-order valence-corrected chi connectivity index (χ3v) is 3.89. The average molecular weight is 345 g/mol. The van der Waals surface area contributed by atoms with E-state index in [9.17, 15) is 9.59 Å². The van der Waals surface area contributed by atoms with Crippen molar-refractivity contribution in [2.75, 3.05) is 5.32 Å². The summed E-state index contributed by atoms with van der Waals surface area (Å²) in [6.45, 7) is 2.39. The summed E-state index contributed by atoms with van der Waals surface area (Å²) < 4.78 is 0. The number of anilines is 1. The van der Waals surface area contributed by atoms with E-state index in [-0.39, 0.29) is 11.8 Å². The second-order valence-corrected chi connectivity index (χ2v) is 5.94. The van der Waals surface area contributed by atoms with Gasteiger partial charge in [-0.15, -0.1) is 0 Å². The summed E-state index contributed by atoms with van der Waals surface area (Å²) in [6, 6.07) is 17.9. The largest absolute Gasteiger partial charge is 0.348 e. The topological polar surface area (TPSA) is 71.1 Å². The standard InChI is InChI=1S/C21H19N3O2/c1-15-4-10-19(11-5-15)24-21(26)18-8-6-17(7-9-18)20(25)23-14-16-3-2-12-22-13-16/h2-13H,14H2,1H3,(H,23,25)(H,24,26). The molecule has 1 heterocycles. The summed E-state index contributed by atoms with van der Waals surface area (Å²) in [5.41, 5.74) is 3.79. The van der Waals surface area contributed by atoms with Crippen molar-refractivity contribution in [3.05, 3.63) is 95.3 Å². The van der Waals surface area contributed by atoms with Crippen LogP contribution in [0, 0.1) is 6.92 Å². The van der Waals surface area contributed by atoms with E-state index in [0.29, 0.717) is 17.7 Å². The Bertz CT molecular complexity index is 889. The number of carbonyl (C=O) groups is 2. The second-order valence-electron chi connectivity index (χ2n) is 5.94. The van der Waals surface area contributed by atoms with E-state index in [4.69, 9.17) is 0 Å². The first-order valence-corrected chi connectivity index (χ1v) is 8.27. The molecule has 26 heavy (non-hydrogen) atoms. The van der Waals surface area contributed by atoms with E-state index >= 15 is 0 Å². The van der Waals surface area contributed by atoms with Gasteiger partial charge < -0.3 is 10.6 Å². The number of aryl methyl sites for hydroxylation is 1. The highest BCUT2D eigenvalue weighted by Crippen LogP contribution is 2.12. The van der Waals surface area contributed by atoms with Crippen LogP contribution in [0.1, 0.15) is 31.8 Å². The summed E-state index contributed by atoms with van der Waals surface area (Å²) in [5.74, 6) is -0.407. The first-order chi connectivity index (χ1) is 12.6. The fourth-order valence-electron chi connectivity index (χ4n) is 2.40. The minimum absolute atomic E-state index is 0.195. The molecule has 2 N–H and O–H groups in total. The Labute approximate surface area is 152 Å². The molecule has 0 atom stereocenters. The summed E-state index contributed by atoms with van der Waals surface area (Å²) in [4.78, 5) is 28.5. The van der Waals surface area contributed by atoms with Crippen molar-refractivity contribution < 1.29 is 9.59 Å². The Kier molecular flexibility index (Phi) is 5.39. The predicted octanol–water partition coefficient (Wildman–Crippen LogP) is 3.57. The normalized spacial score (nSPS) is 10.2. The molecule has 0 fully saturated rings. The smallest absolute Gasteiger partial charge is 0.255 e. The van der Waals surface area contributed by atoms with E-state index in [1.54, 1.807) is 36.7 Å². The Morgan fingerprint density at radius 2 is 1.54 bits per heavy atom. The van der Waals surface area contributed by atoms with Gasteiger partial charge in [0.1, 0.15) is 0 Å². The molecule has 1 aromatic heterocycles. The van der Waals surface area contributed by atoms with Crippen molar-refractivity contribution >= 4 is 17.5 Å². The van der Waals surface area contributed by atoms with Gasteiger partial charge in [-0.05, 0) is 55.0 Å². The molecule has 0 spiro atoms. The molecule has 3 aromatic rings. The first-order valence-electron chi connectivity index (χ1n) is 8.27. The fourth-order valence-corrected chi connectivity index (χ4v) is 2.40. The van der Waals surface area contributed by atoms with E-state index in [2.05, 4.69) is 15.6 Å². The van der Waals surface area contributed by atoms with Crippen LogP contribution < -0.4 is 10.6 Å². The van der Waals surface area contributed by atoms with Crippen LogP contribution in [0.2, 0.25) is 0 Å². The van der Waals surface area contributed by atoms with Crippen LogP contribution in [-0.4, -0.2) is 16.8 Å². The third-order valence-electron chi connectivity index (χ3n) is 3.89. The lowest BCUT2D eigenvalue weighted by atomic mass is 10.1. The highest BCUT2D eigenvalue weighted by Gasteiger charge is 2.09. The predicted molar refractivity (Wildman–Crippen MR) is 101 cm³/mol. The van der Waals surface area contributed by atoms with Crippen LogP contribution >= 0.6 is 0 Å². The zero-order valence-electron chi connectivity index (χ0n) is 14.4. The highest BCUT2D eigenvalue weighted by atomic mass is 16.2. The lowest BCUT2D eigenvalue weighted by molar-refractivity contribution is 0.0949. The molecule has 0 unspecified atom stereocenters. The number of hydrogen-bond donors (Lipinski definition) is 2. The van der Waals surface area contributed by atoms with Gasteiger partial charge in [0, 0.05) is 35.8 Å². The number of aromatic nitrogens is 1. The molecule has 5 heteroatoms. The quantitative estimate of drug-likeness (QED) is 0.742. The van der Waals surface area contributed by atoms with Gasteiger partial charge >= 0.3 is 0 Å². The maximum Gasteiger partial charge on any atom is 0.255 e. The van der Waals surface area contributed by atoms with Gasteiger partial charge in [0.15, 0.2) is 0 Å². The Morgan fingerprint density at radius 1 is 0.885 bits per heavy atom. The third kappa shape index (κ3) is 4.54. The van der Waals surface area contributed by atoms with Crippen LogP contribution in [0.15, 0.2) is 73.1 Å². The van der Waals surface area contributed by atoms with E-state index in [0.717, 1.165) is 16.8 Å². The highest BCUT2D eigenvalue weighted by molar-refractivity contribution is 6.05. The molecular formula is C21H19N3O2. The lowest BCUT2D eigenvalue weighted by Crippen LogP contribution is -2.23. The minimum atomic E-state index is -0.212. The second kappa shape index (κ2) is 8.07. The molecule has 2 aromatic carbocycles. The number of amides is 2. The van der Waals surface area contributed by atoms with Crippen LogP contribution in [0.5, 0.6) is 0 Å². The van der Waals surface area contributed by atoms with Gasteiger partial charge in [-0.3, -0.25) is 14.6 Å².